The van der Waals surface area contributed by atoms with Crippen molar-refractivity contribution in [1.82, 2.24) is 9.88 Å². The molecule has 0 fully saturated rings. The number of halogens is 1. The van der Waals surface area contributed by atoms with E-state index in [1.807, 2.05) is 0 Å². The standard InChI is InChI=1S/C19H19FN2O3/c1-22-15(19(23)21-11-12-5-4-6-13(20)9-12)10-14-16(24-2)7-8-17(25-3)18(14)22/h4-10H,11H2,1-3H3,(H,21,23). The maximum Gasteiger partial charge on any atom is 0.268 e. The lowest BCUT2D eigenvalue weighted by molar-refractivity contribution is 0.0943. The number of fused-ring (bicyclic) bond motifs is 1. The Morgan fingerprint density at radius 3 is 2.52 bits per heavy atom. The van der Waals surface area contributed by atoms with Gasteiger partial charge in [0.1, 0.15) is 23.0 Å². The number of aromatic nitrogens is 1. The molecule has 0 aliphatic heterocycles. The van der Waals surface area contributed by atoms with Crippen LogP contribution in [0.2, 0.25) is 0 Å². The van der Waals surface area contributed by atoms with Gasteiger partial charge in [0.25, 0.3) is 5.91 Å². The van der Waals surface area contributed by atoms with Gasteiger partial charge in [-0.15, -0.1) is 0 Å². The third-order valence-electron chi connectivity index (χ3n) is 4.13. The summed E-state index contributed by atoms with van der Waals surface area (Å²) in [6, 6.07) is 11.5. The Hall–Kier alpha value is -3.02. The SMILES string of the molecule is COc1ccc(OC)c2c1cc(C(=O)NCc1cccc(F)c1)n2C. The molecular formula is C19H19FN2O3. The number of aryl methyl sites for hydroxylation is 1. The molecule has 0 saturated heterocycles. The fourth-order valence-corrected chi connectivity index (χ4v) is 2.89. The summed E-state index contributed by atoms with van der Waals surface area (Å²) in [6.45, 7) is 0.242. The van der Waals surface area contributed by atoms with Crippen LogP contribution in [0.15, 0.2) is 42.5 Å². The summed E-state index contributed by atoms with van der Waals surface area (Å²) >= 11 is 0. The Labute approximate surface area is 145 Å². The van der Waals surface area contributed by atoms with E-state index in [0.29, 0.717) is 22.8 Å². The molecule has 6 heteroatoms. The number of nitrogens with one attached hydrogen (secondary N) is 1. The first-order valence-electron chi connectivity index (χ1n) is 7.78. The van der Waals surface area contributed by atoms with Crippen LogP contribution in [0.25, 0.3) is 10.9 Å². The molecule has 0 atom stereocenters. The molecule has 0 unspecified atom stereocenters. The third kappa shape index (κ3) is 3.15. The fourth-order valence-electron chi connectivity index (χ4n) is 2.89. The second kappa shape index (κ2) is 6.84. The second-order valence-corrected chi connectivity index (χ2v) is 5.63. The predicted molar refractivity (Wildman–Crippen MR) is 93.6 cm³/mol. The monoisotopic (exact) mass is 342 g/mol. The van der Waals surface area contributed by atoms with E-state index in [-0.39, 0.29) is 18.3 Å². The van der Waals surface area contributed by atoms with Gasteiger partial charge < -0.3 is 19.4 Å². The zero-order valence-corrected chi connectivity index (χ0v) is 14.3. The van der Waals surface area contributed by atoms with E-state index in [4.69, 9.17) is 9.47 Å². The van der Waals surface area contributed by atoms with Crippen LogP contribution >= 0.6 is 0 Å². The van der Waals surface area contributed by atoms with Crippen molar-refractivity contribution < 1.29 is 18.7 Å². The maximum atomic E-state index is 13.2. The van der Waals surface area contributed by atoms with Crippen molar-refractivity contribution in [3.63, 3.8) is 0 Å². The molecule has 130 valence electrons. The summed E-state index contributed by atoms with van der Waals surface area (Å²) in [7, 11) is 4.96. The van der Waals surface area contributed by atoms with E-state index in [0.717, 1.165) is 10.9 Å². The average Bonchev–Trinajstić information content (AvgIpc) is 2.97. The number of hydrogen-bond acceptors (Lipinski definition) is 3. The molecule has 0 aliphatic rings. The summed E-state index contributed by atoms with van der Waals surface area (Å²) in [5, 5.41) is 3.60. The van der Waals surface area contributed by atoms with Crippen LogP contribution in [0.5, 0.6) is 11.5 Å². The molecule has 0 spiro atoms. The number of methoxy groups -OCH3 is 2. The van der Waals surface area contributed by atoms with Crippen molar-refractivity contribution >= 4 is 16.8 Å². The largest absolute Gasteiger partial charge is 0.496 e. The zero-order chi connectivity index (χ0) is 18.0. The highest BCUT2D eigenvalue weighted by molar-refractivity contribution is 6.02. The van der Waals surface area contributed by atoms with Gasteiger partial charge in [-0.05, 0) is 35.9 Å². The lowest BCUT2D eigenvalue weighted by atomic mass is 10.2. The molecule has 1 N–H and O–H groups in total. The highest BCUT2D eigenvalue weighted by atomic mass is 19.1. The van der Waals surface area contributed by atoms with Crippen molar-refractivity contribution in [2.45, 2.75) is 6.54 Å². The molecule has 5 nitrogen and oxygen atoms in total. The normalized spacial score (nSPS) is 10.7. The molecule has 2 aromatic carbocycles. The minimum absolute atomic E-state index is 0.242. The van der Waals surface area contributed by atoms with Crippen LogP contribution in [-0.4, -0.2) is 24.7 Å². The molecular weight excluding hydrogens is 323 g/mol. The summed E-state index contributed by atoms with van der Waals surface area (Å²) in [5.74, 6) is 0.732. The summed E-state index contributed by atoms with van der Waals surface area (Å²) in [4.78, 5) is 12.6. The minimum atomic E-state index is -0.328. The maximum absolute atomic E-state index is 13.2. The molecule has 0 aliphatic carbocycles. The van der Waals surface area contributed by atoms with Crippen LogP contribution in [0.3, 0.4) is 0 Å². The van der Waals surface area contributed by atoms with E-state index in [1.54, 1.807) is 56.2 Å². The van der Waals surface area contributed by atoms with Crippen molar-refractivity contribution in [3.05, 3.63) is 59.5 Å². The Morgan fingerprint density at radius 2 is 1.84 bits per heavy atom. The number of nitrogens with zero attached hydrogens (tertiary/aromatic N) is 1. The number of amides is 1. The number of hydrogen-bond donors (Lipinski definition) is 1. The van der Waals surface area contributed by atoms with Gasteiger partial charge in [0.05, 0.1) is 19.7 Å². The Bertz CT molecular complexity index is 934. The molecule has 1 heterocycles. The number of rotatable bonds is 5. The van der Waals surface area contributed by atoms with Gasteiger partial charge in [0.15, 0.2) is 0 Å². The third-order valence-corrected chi connectivity index (χ3v) is 4.13. The van der Waals surface area contributed by atoms with Crippen LogP contribution in [0.1, 0.15) is 16.1 Å². The van der Waals surface area contributed by atoms with Crippen molar-refractivity contribution in [1.29, 1.82) is 0 Å². The van der Waals surface area contributed by atoms with Gasteiger partial charge in [-0.2, -0.15) is 0 Å². The van der Waals surface area contributed by atoms with Gasteiger partial charge >= 0.3 is 0 Å². The predicted octanol–water partition coefficient (Wildman–Crippen LogP) is 3.26. The molecule has 0 bridgehead atoms. The van der Waals surface area contributed by atoms with Crippen molar-refractivity contribution in [2.75, 3.05) is 14.2 Å². The van der Waals surface area contributed by atoms with E-state index in [1.165, 1.54) is 12.1 Å². The van der Waals surface area contributed by atoms with Gasteiger partial charge in [0.2, 0.25) is 0 Å². The van der Waals surface area contributed by atoms with Crippen LogP contribution in [-0.2, 0) is 13.6 Å². The van der Waals surface area contributed by atoms with Crippen LogP contribution in [0, 0.1) is 5.82 Å². The van der Waals surface area contributed by atoms with Crippen molar-refractivity contribution in [3.8, 4) is 11.5 Å². The van der Waals surface area contributed by atoms with Gasteiger partial charge in [-0.3, -0.25) is 4.79 Å². The summed E-state index contributed by atoms with van der Waals surface area (Å²) < 4.78 is 25.8. The van der Waals surface area contributed by atoms with Gasteiger partial charge in [-0.25, -0.2) is 4.39 Å². The summed E-state index contributed by atoms with van der Waals surface area (Å²) in [5.41, 5.74) is 1.94. The molecule has 0 radical (unpaired) electrons. The lowest BCUT2D eigenvalue weighted by Gasteiger charge is -2.09. The first-order chi connectivity index (χ1) is 12.0. The molecule has 3 rings (SSSR count). The second-order valence-electron chi connectivity index (χ2n) is 5.63. The molecule has 1 aromatic heterocycles. The molecule has 0 saturated carbocycles. The summed E-state index contributed by atoms with van der Waals surface area (Å²) in [6.07, 6.45) is 0. The number of carbonyl (C=O) groups excluding carboxylic acids is 1. The highest BCUT2D eigenvalue weighted by Gasteiger charge is 2.18. The van der Waals surface area contributed by atoms with E-state index in [9.17, 15) is 9.18 Å². The highest BCUT2D eigenvalue weighted by Crippen LogP contribution is 2.35. The van der Waals surface area contributed by atoms with Gasteiger partial charge in [0, 0.05) is 19.0 Å². The smallest absolute Gasteiger partial charge is 0.268 e. The number of carbonyl (C=O) groups is 1. The van der Waals surface area contributed by atoms with Crippen LogP contribution in [0.4, 0.5) is 4.39 Å². The topological polar surface area (TPSA) is 52.5 Å². The van der Waals surface area contributed by atoms with Gasteiger partial charge in [-0.1, -0.05) is 12.1 Å². The first-order valence-corrected chi connectivity index (χ1v) is 7.78. The van der Waals surface area contributed by atoms with Crippen molar-refractivity contribution in [2.24, 2.45) is 7.05 Å². The first kappa shape index (κ1) is 16.8. The Kier molecular flexibility index (Phi) is 4.61. The van der Waals surface area contributed by atoms with E-state index >= 15 is 0 Å². The fraction of sp³-hybridized carbons (Fsp3) is 0.211. The molecule has 25 heavy (non-hydrogen) atoms. The molecule has 1 amide bonds. The number of benzene rings is 2. The Balaban J connectivity index is 1.92. The van der Waals surface area contributed by atoms with E-state index in [2.05, 4.69) is 5.32 Å². The molecule has 3 aromatic rings. The average molecular weight is 342 g/mol. The van der Waals surface area contributed by atoms with Crippen LogP contribution < -0.4 is 14.8 Å². The Morgan fingerprint density at radius 1 is 1.12 bits per heavy atom. The lowest BCUT2D eigenvalue weighted by Crippen LogP contribution is -2.24. The quantitative estimate of drug-likeness (QED) is 0.774. The minimum Gasteiger partial charge on any atom is -0.496 e. The zero-order valence-electron chi connectivity index (χ0n) is 14.3. The number of ether oxygens (including phenoxy) is 2. The van der Waals surface area contributed by atoms with E-state index < -0.39 is 0 Å².